The second-order valence-corrected chi connectivity index (χ2v) is 4.15. The van der Waals surface area contributed by atoms with Gasteiger partial charge in [0.05, 0.1) is 17.5 Å². The van der Waals surface area contributed by atoms with Gasteiger partial charge in [-0.15, -0.1) is 0 Å². The van der Waals surface area contributed by atoms with E-state index in [2.05, 4.69) is 15.5 Å². The molecule has 2 aromatic rings. The third kappa shape index (κ3) is 2.99. The topological polar surface area (TPSA) is 97.3 Å². The first-order valence-electron chi connectivity index (χ1n) is 5.65. The predicted octanol–water partition coefficient (Wildman–Crippen LogP) is 1.79. The average molecular weight is 281 g/mol. The summed E-state index contributed by atoms with van der Waals surface area (Å²) in [5, 5.41) is 17.3. The van der Waals surface area contributed by atoms with Gasteiger partial charge in [-0.25, -0.2) is 4.39 Å². The molecule has 0 bridgehead atoms. The first-order valence-corrected chi connectivity index (χ1v) is 5.65. The Kier molecular flexibility index (Phi) is 3.78. The molecular formula is C11H12FN5O3. The molecule has 9 heteroatoms. The average Bonchev–Trinajstić information content (AvgIpc) is 2.86. The lowest BCUT2D eigenvalue weighted by molar-refractivity contribution is -0.384. The SMILES string of the molecule is CN(C)c1noc(CNc2ccc(F)cc2[N+](=O)[O-])n1. The number of hydrogen-bond donors (Lipinski definition) is 1. The zero-order valence-electron chi connectivity index (χ0n) is 10.8. The van der Waals surface area contributed by atoms with Crippen molar-refractivity contribution in [3.8, 4) is 0 Å². The molecule has 0 unspecified atom stereocenters. The molecule has 20 heavy (non-hydrogen) atoms. The maximum absolute atomic E-state index is 13.0. The number of nitro benzene ring substituents is 1. The van der Waals surface area contributed by atoms with Crippen molar-refractivity contribution in [1.82, 2.24) is 10.1 Å². The molecule has 106 valence electrons. The lowest BCUT2D eigenvalue weighted by Gasteiger charge is -2.04. The molecule has 0 aliphatic heterocycles. The number of nitrogens with one attached hydrogen (secondary N) is 1. The normalized spacial score (nSPS) is 10.3. The van der Waals surface area contributed by atoms with Gasteiger partial charge in [-0.1, -0.05) is 0 Å². The third-order valence-electron chi connectivity index (χ3n) is 2.44. The van der Waals surface area contributed by atoms with Crippen LogP contribution in [0.25, 0.3) is 0 Å². The zero-order valence-corrected chi connectivity index (χ0v) is 10.8. The van der Waals surface area contributed by atoms with E-state index in [0.29, 0.717) is 5.95 Å². The number of rotatable bonds is 5. The van der Waals surface area contributed by atoms with Gasteiger partial charge in [0, 0.05) is 14.1 Å². The van der Waals surface area contributed by atoms with Crippen molar-refractivity contribution in [2.24, 2.45) is 0 Å². The van der Waals surface area contributed by atoms with E-state index in [4.69, 9.17) is 4.52 Å². The standard InChI is InChI=1S/C11H12FN5O3/c1-16(2)11-14-10(20-15-11)6-13-8-4-3-7(12)5-9(8)17(18)19/h3-5,13H,6H2,1-2H3. The highest BCUT2D eigenvalue weighted by atomic mass is 19.1. The molecule has 1 aromatic heterocycles. The number of nitro groups is 1. The van der Waals surface area contributed by atoms with E-state index in [-0.39, 0.29) is 23.8 Å². The molecule has 1 heterocycles. The fourth-order valence-corrected chi connectivity index (χ4v) is 1.48. The molecule has 2 rings (SSSR count). The molecule has 0 aliphatic rings. The van der Waals surface area contributed by atoms with Crippen molar-refractivity contribution in [1.29, 1.82) is 0 Å². The summed E-state index contributed by atoms with van der Waals surface area (Å²) in [6.45, 7) is 0.104. The lowest BCUT2D eigenvalue weighted by Crippen LogP contribution is -2.10. The van der Waals surface area contributed by atoms with Gasteiger partial charge in [-0.3, -0.25) is 10.1 Å². The summed E-state index contributed by atoms with van der Waals surface area (Å²) in [4.78, 5) is 15.9. The van der Waals surface area contributed by atoms with Crippen molar-refractivity contribution >= 4 is 17.3 Å². The predicted molar refractivity (Wildman–Crippen MR) is 69.0 cm³/mol. The summed E-state index contributed by atoms with van der Waals surface area (Å²) in [7, 11) is 3.51. The van der Waals surface area contributed by atoms with Crippen LogP contribution in [0.3, 0.4) is 0 Å². The van der Waals surface area contributed by atoms with Crippen molar-refractivity contribution in [3.63, 3.8) is 0 Å². The molecule has 0 spiro atoms. The summed E-state index contributed by atoms with van der Waals surface area (Å²) in [5.74, 6) is -0.00216. The van der Waals surface area contributed by atoms with Gasteiger partial charge in [-0.2, -0.15) is 4.98 Å². The summed E-state index contributed by atoms with van der Waals surface area (Å²) >= 11 is 0. The van der Waals surface area contributed by atoms with Crippen LogP contribution in [0.4, 0.5) is 21.7 Å². The maximum Gasteiger partial charge on any atom is 0.295 e. The quantitative estimate of drug-likeness (QED) is 0.659. The summed E-state index contributed by atoms with van der Waals surface area (Å²) in [6.07, 6.45) is 0. The summed E-state index contributed by atoms with van der Waals surface area (Å²) in [5.41, 5.74) is -0.168. The van der Waals surface area contributed by atoms with Crippen LogP contribution in [-0.4, -0.2) is 29.2 Å². The number of aromatic nitrogens is 2. The Morgan fingerprint density at radius 2 is 2.25 bits per heavy atom. The van der Waals surface area contributed by atoms with Crippen molar-refractivity contribution in [3.05, 3.63) is 40.0 Å². The second kappa shape index (κ2) is 5.51. The molecule has 0 radical (unpaired) electrons. The third-order valence-corrected chi connectivity index (χ3v) is 2.44. The first kappa shape index (κ1) is 13.7. The summed E-state index contributed by atoms with van der Waals surface area (Å²) < 4.78 is 17.9. The first-order chi connectivity index (χ1) is 9.47. The van der Waals surface area contributed by atoms with Crippen LogP contribution in [0.1, 0.15) is 5.89 Å². The van der Waals surface area contributed by atoms with E-state index >= 15 is 0 Å². The van der Waals surface area contributed by atoms with Crippen LogP contribution >= 0.6 is 0 Å². The molecule has 1 N–H and O–H groups in total. The van der Waals surface area contributed by atoms with Gasteiger partial charge >= 0.3 is 0 Å². The molecule has 0 saturated carbocycles. The molecule has 8 nitrogen and oxygen atoms in total. The number of halogens is 1. The van der Waals surface area contributed by atoms with Crippen LogP contribution in [0.2, 0.25) is 0 Å². The van der Waals surface area contributed by atoms with E-state index in [9.17, 15) is 14.5 Å². The van der Waals surface area contributed by atoms with Gasteiger partial charge in [0.1, 0.15) is 11.5 Å². The minimum Gasteiger partial charge on any atom is -0.371 e. The van der Waals surface area contributed by atoms with Crippen LogP contribution in [0.15, 0.2) is 22.7 Å². The van der Waals surface area contributed by atoms with Gasteiger partial charge in [-0.05, 0) is 17.3 Å². The fourth-order valence-electron chi connectivity index (χ4n) is 1.48. The van der Waals surface area contributed by atoms with Gasteiger partial charge in [0.15, 0.2) is 0 Å². The van der Waals surface area contributed by atoms with Gasteiger partial charge in [0.2, 0.25) is 5.89 Å². The van der Waals surface area contributed by atoms with E-state index in [1.54, 1.807) is 19.0 Å². The van der Waals surface area contributed by atoms with Crippen LogP contribution in [0.5, 0.6) is 0 Å². The van der Waals surface area contributed by atoms with Crippen LogP contribution < -0.4 is 10.2 Å². The Morgan fingerprint density at radius 3 is 2.85 bits per heavy atom. The van der Waals surface area contributed by atoms with Crippen LogP contribution in [-0.2, 0) is 6.54 Å². The Labute approximate surface area is 113 Å². The maximum atomic E-state index is 13.0. The van der Waals surface area contributed by atoms with E-state index in [1.807, 2.05) is 0 Å². The molecule has 1 aromatic carbocycles. The minimum atomic E-state index is -0.671. The van der Waals surface area contributed by atoms with Crippen molar-refractivity contribution in [2.45, 2.75) is 6.54 Å². The van der Waals surface area contributed by atoms with Crippen molar-refractivity contribution in [2.75, 3.05) is 24.3 Å². The largest absolute Gasteiger partial charge is 0.371 e. The van der Waals surface area contributed by atoms with Gasteiger partial charge < -0.3 is 14.7 Å². The molecule has 0 aliphatic carbocycles. The molecule has 0 fully saturated rings. The number of benzene rings is 1. The highest BCUT2D eigenvalue weighted by Gasteiger charge is 2.16. The molecule has 0 atom stereocenters. The number of nitrogens with zero attached hydrogens (tertiary/aromatic N) is 4. The van der Waals surface area contributed by atoms with E-state index < -0.39 is 10.7 Å². The molecule has 0 amide bonds. The van der Waals surface area contributed by atoms with Crippen LogP contribution in [0, 0.1) is 15.9 Å². The Balaban J connectivity index is 2.12. The lowest BCUT2D eigenvalue weighted by atomic mass is 10.2. The zero-order chi connectivity index (χ0) is 14.7. The van der Waals surface area contributed by atoms with E-state index in [1.165, 1.54) is 6.07 Å². The monoisotopic (exact) mass is 281 g/mol. The van der Waals surface area contributed by atoms with Crippen molar-refractivity contribution < 1.29 is 13.8 Å². The fraction of sp³-hybridized carbons (Fsp3) is 0.273. The summed E-state index contributed by atoms with van der Waals surface area (Å²) in [6, 6.07) is 3.27. The highest BCUT2D eigenvalue weighted by molar-refractivity contribution is 5.61. The smallest absolute Gasteiger partial charge is 0.295 e. The Hall–Kier alpha value is -2.71. The Bertz CT molecular complexity index is 628. The molecule has 0 saturated heterocycles. The van der Waals surface area contributed by atoms with Gasteiger partial charge in [0.25, 0.3) is 11.6 Å². The number of anilines is 2. The second-order valence-electron chi connectivity index (χ2n) is 4.15. The highest BCUT2D eigenvalue weighted by Crippen LogP contribution is 2.25. The molecular weight excluding hydrogens is 269 g/mol. The minimum absolute atomic E-state index is 0.104. The Morgan fingerprint density at radius 1 is 1.50 bits per heavy atom. The number of hydrogen-bond acceptors (Lipinski definition) is 7. The van der Waals surface area contributed by atoms with E-state index in [0.717, 1.165) is 12.1 Å².